The molecule has 0 unspecified atom stereocenters. The summed E-state index contributed by atoms with van der Waals surface area (Å²) < 4.78 is 12.3. The third-order valence-electron chi connectivity index (χ3n) is 3.25. The number of ether oxygens (including phenoxy) is 2. The van der Waals surface area contributed by atoms with Gasteiger partial charge in [0.1, 0.15) is 5.82 Å². The van der Waals surface area contributed by atoms with Gasteiger partial charge in [0.2, 0.25) is 0 Å². The predicted molar refractivity (Wildman–Crippen MR) is 96.6 cm³/mol. The van der Waals surface area contributed by atoms with Gasteiger partial charge in [0.25, 0.3) is 0 Å². The van der Waals surface area contributed by atoms with Gasteiger partial charge >= 0.3 is 0 Å². The second-order valence-electron chi connectivity index (χ2n) is 5.26. The zero-order valence-electron chi connectivity index (χ0n) is 12.7. The molecule has 0 aliphatic heterocycles. The number of imidazole rings is 1. The minimum Gasteiger partial charge on any atom is -0.493 e. The van der Waals surface area contributed by atoms with Gasteiger partial charge in [0, 0.05) is 5.56 Å². The van der Waals surface area contributed by atoms with Crippen molar-refractivity contribution < 1.29 is 9.47 Å². The summed E-state index contributed by atoms with van der Waals surface area (Å²) in [4.78, 5) is 7.97. The van der Waals surface area contributed by atoms with Crippen LogP contribution in [0.2, 0.25) is 0 Å². The first kappa shape index (κ1) is 15.1. The maximum Gasteiger partial charge on any atom is 0.174 e. The number of methoxy groups -OCH3 is 1. The van der Waals surface area contributed by atoms with Crippen molar-refractivity contribution in [2.24, 2.45) is 0 Å². The van der Waals surface area contributed by atoms with E-state index in [-0.39, 0.29) is 6.10 Å². The Morgan fingerprint density at radius 2 is 1.95 bits per heavy atom. The second-order valence-corrected chi connectivity index (χ2v) is 6.42. The molecule has 0 radical (unpaired) electrons. The molecule has 0 spiro atoms. The van der Waals surface area contributed by atoms with Crippen LogP contribution in [0.4, 0.5) is 0 Å². The van der Waals surface area contributed by atoms with Crippen LogP contribution in [0.3, 0.4) is 0 Å². The van der Waals surface area contributed by atoms with Gasteiger partial charge in [-0.15, -0.1) is 0 Å². The van der Waals surface area contributed by atoms with E-state index in [0.717, 1.165) is 37.5 Å². The number of benzene rings is 2. The van der Waals surface area contributed by atoms with E-state index in [9.17, 15) is 0 Å². The molecule has 0 aliphatic carbocycles. The summed E-state index contributed by atoms with van der Waals surface area (Å²) in [5.41, 5.74) is 2.96. The summed E-state index contributed by atoms with van der Waals surface area (Å²) in [6, 6.07) is 12.0. The van der Waals surface area contributed by atoms with E-state index in [4.69, 9.17) is 9.47 Å². The average Bonchev–Trinajstić information content (AvgIpc) is 2.92. The number of hydrogen-bond donors (Lipinski definition) is 1. The quantitative estimate of drug-likeness (QED) is 0.641. The predicted octanol–water partition coefficient (Wildman–Crippen LogP) is 4.63. The molecule has 5 heteroatoms. The number of hydrogen-bond acceptors (Lipinski definition) is 3. The molecular formula is C17H17IN2O2. The Morgan fingerprint density at radius 3 is 2.64 bits per heavy atom. The van der Waals surface area contributed by atoms with Crippen LogP contribution in [0.15, 0.2) is 36.4 Å². The molecule has 0 atom stereocenters. The van der Waals surface area contributed by atoms with Crippen molar-refractivity contribution in [3.8, 4) is 22.9 Å². The van der Waals surface area contributed by atoms with E-state index >= 15 is 0 Å². The second kappa shape index (κ2) is 6.16. The summed E-state index contributed by atoms with van der Waals surface area (Å²) in [5, 5.41) is 0. The van der Waals surface area contributed by atoms with Crippen molar-refractivity contribution in [3.63, 3.8) is 0 Å². The summed E-state index contributed by atoms with van der Waals surface area (Å²) in [7, 11) is 1.65. The highest BCUT2D eigenvalue weighted by Gasteiger charge is 2.15. The van der Waals surface area contributed by atoms with Gasteiger partial charge in [0.15, 0.2) is 11.5 Å². The van der Waals surface area contributed by atoms with E-state index in [2.05, 4.69) is 38.6 Å². The minimum absolute atomic E-state index is 0.0967. The number of nitrogens with zero attached hydrogens (tertiary/aromatic N) is 1. The summed E-state index contributed by atoms with van der Waals surface area (Å²) >= 11 is 2.27. The largest absolute Gasteiger partial charge is 0.493 e. The lowest BCUT2D eigenvalue weighted by molar-refractivity contribution is 0.228. The zero-order valence-corrected chi connectivity index (χ0v) is 14.8. The van der Waals surface area contributed by atoms with Gasteiger partial charge in [-0.2, -0.15) is 0 Å². The minimum atomic E-state index is 0.0967. The molecule has 3 rings (SSSR count). The first-order chi connectivity index (χ1) is 10.6. The first-order valence-corrected chi connectivity index (χ1v) is 8.15. The molecule has 0 amide bonds. The Balaban J connectivity index is 2.09. The van der Waals surface area contributed by atoms with Crippen LogP contribution in [-0.4, -0.2) is 23.2 Å². The van der Waals surface area contributed by atoms with Gasteiger partial charge in [0.05, 0.1) is 27.8 Å². The smallest absolute Gasteiger partial charge is 0.174 e. The fraction of sp³-hybridized carbons (Fsp3) is 0.235. The number of rotatable bonds is 4. The van der Waals surface area contributed by atoms with Crippen molar-refractivity contribution in [2.45, 2.75) is 20.0 Å². The maximum atomic E-state index is 5.85. The molecule has 1 heterocycles. The number of halogens is 1. The van der Waals surface area contributed by atoms with E-state index in [1.54, 1.807) is 7.11 Å². The molecule has 114 valence electrons. The SMILES string of the molecule is COc1cc(-c2nc3ccccc3[nH]2)cc(I)c1OC(C)C. The highest BCUT2D eigenvalue weighted by molar-refractivity contribution is 14.1. The summed E-state index contributed by atoms with van der Waals surface area (Å²) in [5.74, 6) is 2.32. The Morgan fingerprint density at radius 1 is 1.18 bits per heavy atom. The molecule has 22 heavy (non-hydrogen) atoms. The van der Waals surface area contributed by atoms with Crippen molar-refractivity contribution >= 4 is 33.6 Å². The van der Waals surface area contributed by atoms with Crippen LogP contribution in [0, 0.1) is 3.57 Å². The zero-order chi connectivity index (χ0) is 15.7. The van der Waals surface area contributed by atoms with Crippen molar-refractivity contribution in [3.05, 3.63) is 40.0 Å². The molecule has 4 nitrogen and oxygen atoms in total. The Hall–Kier alpha value is -1.76. The van der Waals surface area contributed by atoms with Gasteiger partial charge in [-0.1, -0.05) is 12.1 Å². The third-order valence-corrected chi connectivity index (χ3v) is 4.05. The van der Waals surface area contributed by atoms with E-state index in [1.165, 1.54) is 0 Å². The van der Waals surface area contributed by atoms with Crippen LogP contribution in [0.5, 0.6) is 11.5 Å². The molecule has 1 N–H and O–H groups in total. The molecule has 0 aliphatic rings. The highest BCUT2D eigenvalue weighted by atomic mass is 127. The standard InChI is InChI=1S/C17H17IN2O2/c1-10(2)22-16-12(18)8-11(9-15(16)21-3)17-19-13-6-4-5-7-14(13)20-17/h4-10H,1-3H3,(H,19,20). The van der Waals surface area contributed by atoms with Crippen LogP contribution >= 0.6 is 22.6 Å². The molecule has 2 aromatic carbocycles. The Kier molecular flexibility index (Phi) is 4.24. The van der Waals surface area contributed by atoms with E-state index in [0.29, 0.717) is 0 Å². The number of aromatic nitrogens is 2. The van der Waals surface area contributed by atoms with Crippen LogP contribution in [0.25, 0.3) is 22.4 Å². The molecule has 1 aromatic heterocycles. The van der Waals surface area contributed by atoms with E-state index < -0.39 is 0 Å². The monoisotopic (exact) mass is 408 g/mol. The van der Waals surface area contributed by atoms with Crippen molar-refractivity contribution in [2.75, 3.05) is 7.11 Å². The van der Waals surface area contributed by atoms with Crippen LogP contribution in [0.1, 0.15) is 13.8 Å². The highest BCUT2D eigenvalue weighted by Crippen LogP contribution is 2.37. The number of H-pyrrole nitrogens is 1. The van der Waals surface area contributed by atoms with Gasteiger partial charge < -0.3 is 14.5 Å². The number of para-hydroxylation sites is 2. The maximum absolute atomic E-state index is 5.85. The number of aromatic amines is 1. The molecule has 3 aromatic rings. The molecule has 0 saturated heterocycles. The topological polar surface area (TPSA) is 47.1 Å². The van der Waals surface area contributed by atoms with Gasteiger partial charge in [-0.25, -0.2) is 4.98 Å². The Labute approximate surface area is 143 Å². The van der Waals surface area contributed by atoms with Crippen molar-refractivity contribution in [1.29, 1.82) is 0 Å². The molecule has 0 bridgehead atoms. The number of fused-ring (bicyclic) bond motifs is 1. The fourth-order valence-electron chi connectivity index (χ4n) is 2.30. The number of nitrogens with one attached hydrogen (secondary N) is 1. The third kappa shape index (κ3) is 2.90. The lowest BCUT2D eigenvalue weighted by atomic mass is 10.2. The van der Waals surface area contributed by atoms with Gasteiger partial charge in [-0.3, -0.25) is 0 Å². The van der Waals surface area contributed by atoms with Crippen LogP contribution < -0.4 is 9.47 Å². The van der Waals surface area contributed by atoms with Crippen molar-refractivity contribution in [1.82, 2.24) is 9.97 Å². The first-order valence-electron chi connectivity index (χ1n) is 7.08. The summed E-state index contributed by atoms with van der Waals surface area (Å²) in [6.07, 6.45) is 0.0967. The lowest BCUT2D eigenvalue weighted by Crippen LogP contribution is -2.08. The van der Waals surface area contributed by atoms with Crippen LogP contribution in [-0.2, 0) is 0 Å². The molecule has 0 fully saturated rings. The van der Waals surface area contributed by atoms with Gasteiger partial charge in [-0.05, 0) is 60.7 Å². The average molecular weight is 408 g/mol. The Bertz CT molecular complexity index is 779. The summed E-state index contributed by atoms with van der Waals surface area (Å²) in [6.45, 7) is 4.01. The normalized spacial score (nSPS) is 11.1. The molecule has 0 saturated carbocycles. The molecular weight excluding hydrogens is 391 g/mol. The lowest BCUT2D eigenvalue weighted by Gasteiger charge is -2.16. The fourth-order valence-corrected chi connectivity index (χ4v) is 3.02. The van der Waals surface area contributed by atoms with E-state index in [1.807, 2.05) is 44.2 Å².